The molecule has 0 saturated carbocycles. The number of aryl methyl sites for hydroxylation is 3. The van der Waals surface area contributed by atoms with Gasteiger partial charge in [-0.25, -0.2) is 13.2 Å². The Bertz CT molecular complexity index is 1510. The fraction of sp³-hybridized carbons (Fsp3) is 0.345. The molecule has 0 fully saturated rings. The summed E-state index contributed by atoms with van der Waals surface area (Å²) in [5.74, 6) is -2.97. The van der Waals surface area contributed by atoms with Crippen LogP contribution in [0.1, 0.15) is 45.5 Å². The number of carboxylic acid groups (broad SMARTS) is 1. The molecular formula is C29H33F5N2O7S. The summed E-state index contributed by atoms with van der Waals surface area (Å²) in [5.41, 5.74) is 5.72. The van der Waals surface area contributed by atoms with Crippen LogP contribution in [0.3, 0.4) is 0 Å². The Balaban J connectivity index is 0.000000860. The first-order valence-corrected chi connectivity index (χ1v) is 14.8. The van der Waals surface area contributed by atoms with E-state index in [0.29, 0.717) is 12.0 Å². The second-order valence-corrected chi connectivity index (χ2v) is 11.7. The minimum Gasteiger partial charge on any atom is -0.506 e. The number of rotatable bonds is 11. The number of phenols is 1. The fourth-order valence-corrected chi connectivity index (χ4v) is 4.90. The quantitative estimate of drug-likeness (QED) is 0.135. The van der Waals surface area contributed by atoms with Gasteiger partial charge in [0, 0.05) is 12.6 Å². The molecule has 0 amide bonds. The van der Waals surface area contributed by atoms with Crippen molar-refractivity contribution in [2.24, 2.45) is 0 Å². The molecule has 0 radical (unpaired) electrons. The van der Waals surface area contributed by atoms with Crippen molar-refractivity contribution in [3.05, 3.63) is 88.0 Å². The molecule has 2 atom stereocenters. The molecule has 0 aliphatic carbocycles. The van der Waals surface area contributed by atoms with Gasteiger partial charge in [-0.2, -0.15) is 22.0 Å². The van der Waals surface area contributed by atoms with Gasteiger partial charge in [-0.05, 0) is 79.3 Å². The van der Waals surface area contributed by atoms with Crippen molar-refractivity contribution in [1.82, 2.24) is 5.32 Å². The van der Waals surface area contributed by atoms with Gasteiger partial charge in [0.1, 0.15) is 11.5 Å². The van der Waals surface area contributed by atoms with Gasteiger partial charge >= 0.3 is 18.8 Å². The summed E-state index contributed by atoms with van der Waals surface area (Å²) in [5, 5.41) is 31.3. The third kappa shape index (κ3) is 11.6. The van der Waals surface area contributed by atoms with Crippen molar-refractivity contribution < 1.29 is 55.2 Å². The highest BCUT2D eigenvalue weighted by Crippen LogP contribution is 2.30. The molecule has 0 saturated heterocycles. The predicted molar refractivity (Wildman–Crippen MR) is 153 cm³/mol. The van der Waals surface area contributed by atoms with E-state index in [1.807, 2.05) is 20.8 Å². The van der Waals surface area contributed by atoms with Crippen molar-refractivity contribution in [2.45, 2.75) is 52.1 Å². The number of alkyl halides is 5. The van der Waals surface area contributed by atoms with Crippen molar-refractivity contribution in [1.29, 1.82) is 0 Å². The van der Waals surface area contributed by atoms with Crippen molar-refractivity contribution in [3.8, 4) is 11.5 Å². The normalized spacial score (nSPS) is 13.1. The first kappa shape index (κ1) is 36.2. The molecule has 1 unspecified atom stereocenters. The lowest BCUT2D eigenvalue weighted by Crippen LogP contribution is -2.28. The highest BCUT2D eigenvalue weighted by molar-refractivity contribution is 7.92. The zero-order chi connectivity index (χ0) is 33.4. The van der Waals surface area contributed by atoms with Gasteiger partial charge in [-0.3, -0.25) is 4.72 Å². The highest BCUT2D eigenvalue weighted by Gasteiger charge is 2.38. The summed E-state index contributed by atoms with van der Waals surface area (Å²) >= 11 is 0. The first-order chi connectivity index (χ1) is 20.3. The average molecular weight is 649 g/mol. The fourth-order valence-electron chi connectivity index (χ4n) is 4.34. The molecule has 44 heavy (non-hydrogen) atoms. The first-order valence-electron chi connectivity index (χ1n) is 12.9. The van der Waals surface area contributed by atoms with Crippen LogP contribution in [-0.2, 0) is 21.2 Å². The van der Waals surface area contributed by atoms with E-state index in [1.54, 1.807) is 12.1 Å². The maximum Gasteiger partial charge on any atom is 0.490 e. The average Bonchev–Trinajstić information content (AvgIpc) is 2.88. The highest BCUT2D eigenvalue weighted by atomic mass is 32.2. The van der Waals surface area contributed by atoms with E-state index in [4.69, 9.17) is 9.90 Å². The van der Waals surface area contributed by atoms with Gasteiger partial charge in [-0.1, -0.05) is 35.9 Å². The molecule has 0 aromatic heterocycles. The summed E-state index contributed by atoms with van der Waals surface area (Å²) in [7, 11) is -3.63. The summed E-state index contributed by atoms with van der Waals surface area (Å²) in [6.07, 6.45) is -4.56. The zero-order valence-corrected chi connectivity index (χ0v) is 24.9. The van der Waals surface area contributed by atoms with Crippen LogP contribution >= 0.6 is 0 Å². The largest absolute Gasteiger partial charge is 0.506 e. The van der Waals surface area contributed by atoms with Crippen LogP contribution in [0.5, 0.6) is 11.5 Å². The van der Waals surface area contributed by atoms with Crippen LogP contribution in [0, 0.1) is 20.8 Å². The number of hydrogen-bond donors (Lipinski definition) is 5. The number of aliphatic hydroxyl groups excluding tert-OH is 1. The molecule has 0 heterocycles. The van der Waals surface area contributed by atoms with Gasteiger partial charge in [0.15, 0.2) is 0 Å². The summed E-state index contributed by atoms with van der Waals surface area (Å²) < 4.78 is 86.8. The van der Waals surface area contributed by atoms with Gasteiger partial charge in [0.05, 0.1) is 18.0 Å². The summed E-state index contributed by atoms with van der Waals surface area (Å²) in [4.78, 5) is 8.90. The molecular weight excluding hydrogens is 615 g/mol. The molecule has 15 heteroatoms. The summed E-state index contributed by atoms with van der Waals surface area (Å²) in [6.45, 7) is 3.29. The van der Waals surface area contributed by atoms with Gasteiger partial charge < -0.3 is 25.4 Å². The van der Waals surface area contributed by atoms with Crippen LogP contribution in [0.2, 0.25) is 0 Å². The number of anilines is 1. The minimum atomic E-state index is -5.08. The number of sulfonamides is 1. The van der Waals surface area contributed by atoms with Crippen molar-refractivity contribution >= 4 is 21.7 Å². The number of nitrogens with one attached hydrogen (secondary N) is 2. The van der Waals surface area contributed by atoms with Crippen LogP contribution in [0.25, 0.3) is 0 Å². The molecule has 3 rings (SSSR count). The van der Waals surface area contributed by atoms with Gasteiger partial charge in [0.25, 0.3) is 0 Å². The zero-order valence-electron chi connectivity index (χ0n) is 24.1. The predicted octanol–water partition coefficient (Wildman–Crippen LogP) is 5.53. The molecule has 0 bridgehead atoms. The molecule has 5 N–H and O–H groups in total. The number of phenolic OH excluding ortho intramolecular Hbond substituents is 1. The third-order valence-corrected chi connectivity index (χ3v) is 6.85. The Hall–Kier alpha value is -3.95. The van der Waals surface area contributed by atoms with E-state index < -0.39 is 34.9 Å². The monoisotopic (exact) mass is 648 g/mol. The molecule has 3 aromatic rings. The van der Waals surface area contributed by atoms with E-state index in [0.717, 1.165) is 34.1 Å². The number of halogens is 5. The third-order valence-electron chi connectivity index (χ3n) is 6.26. The molecule has 3 aromatic carbocycles. The molecule has 0 spiro atoms. The van der Waals surface area contributed by atoms with Crippen molar-refractivity contribution in [2.75, 3.05) is 17.5 Å². The van der Waals surface area contributed by atoms with E-state index in [1.165, 1.54) is 30.3 Å². The Morgan fingerprint density at radius 2 is 1.48 bits per heavy atom. The van der Waals surface area contributed by atoms with E-state index in [-0.39, 0.29) is 29.8 Å². The van der Waals surface area contributed by atoms with Gasteiger partial charge in [-0.15, -0.1) is 0 Å². The Kier molecular flexibility index (Phi) is 12.5. The van der Waals surface area contributed by atoms with Crippen molar-refractivity contribution in [3.63, 3.8) is 0 Å². The number of hydrogen-bond acceptors (Lipinski definition) is 7. The number of carboxylic acids is 1. The van der Waals surface area contributed by atoms with Crippen LogP contribution < -0.4 is 14.8 Å². The van der Waals surface area contributed by atoms with E-state index in [2.05, 4.69) is 26.9 Å². The van der Waals surface area contributed by atoms with Gasteiger partial charge in [0.2, 0.25) is 10.0 Å². The number of aliphatic carboxylic acids is 1. The maximum absolute atomic E-state index is 12.6. The minimum absolute atomic E-state index is 0.0314. The standard InChI is InChI=1S/C27H32F2N2O5S.C2HF3O2/c1-16-11-17(2)22(18(3)12-16)14-23(19-5-8-21(9-6-19)36-27(28)29)30-15-26(33)20-7-10-25(32)24(13-20)31-37(4,34)35;3-2(4,5)1(6)7/h5-13,23,26-27,30-33H,14-15H2,1-4H3;(H,6,7)/t23?,26-;/m0./s1. The lowest BCUT2D eigenvalue weighted by Gasteiger charge is -2.24. The molecule has 0 aliphatic heterocycles. The number of ether oxygens (including phenoxy) is 1. The molecule has 9 nitrogen and oxygen atoms in total. The van der Waals surface area contributed by atoms with E-state index >= 15 is 0 Å². The lowest BCUT2D eigenvalue weighted by molar-refractivity contribution is -0.192. The SMILES string of the molecule is Cc1cc(C)c(CC(NC[C@H](O)c2ccc(O)c(NS(C)(=O)=O)c2)c2ccc(OC(F)F)cc2)c(C)c1.O=C(O)C(F)(F)F. The Labute approximate surface area is 251 Å². The van der Waals surface area contributed by atoms with Crippen LogP contribution in [0.15, 0.2) is 54.6 Å². The van der Waals surface area contributed by atoms with Crippen LogP contribution in [0.4, 0.5) is 27.6 Å². The Morgan fingerprint density at radius 1 is 0.955 bits per heavy atom. The Morgan fingerprint density at radius 3 is 1.95 bits per heavy atom. The van der Waals surface area contributed by atoms with Crippen LogP contribution in [-0.4, -0.2) is 55.3 Å². The smallest absolute Gasteiger partial charge is 0.490 e. The van der Waals surface area contributed by atoms with E-state index in [9.17, 15) is 40.6 Å². The summed E-state index contributed by atoms with van der Waals surface area (Å²) in [6, 6.07) is 14.5. The molecule has 242 valence electrons. The topological polar surface area (TPSA) is 145 Å². The number of aliphatic hydroxyl groups is 1. The second kappa shape index (κ2) is 15.2. The second-order valence-electron chi connectivity index (χ2n) is 9.96. The number of carbonyl (C=O) groups is 1. The number of aromatic hydroxyl groups is 1. The number of benzene rings is 3. The maximum atomic E-state index is 12.6. The lowest BCUT2D eigenvalue weighted by atomic mass is 9.91. The molecule has 0 aliphatic rings.